The van der Waals surface area contributed by atoms with Crippen LogP contribution in [-0.4, -0.2) is 55.6 Å². The molecule has 3 rings (SSSR count). The van der Waals surface area contributed by atoms with Crippen LogP contribution in [0.2, 0.25) is 0 Å². The zero-order chi connectivity index (χ0) is 21.5. The van der Waals surface area contributed by atoms with Crippen LogP contribution >= 0.6 is 0 Å². The summed E-state index contributed by atoms with van der Waals surface area (Å²) in [6, 6.07) is 10.0. The lowest BCUT2D eigenvalue weighted by Gasteiger charge is -2.37. The monoisotopic (exact) mass is 411 g/mol. The number of piperidine rings is 2. The van der Waals surface area contributed by atoms with E-state index >= 15 is 0 Å². The summed E-state index contributed by atoms with van der Waals surface area (Å²) in [4.78, 5) is 28.8. The Morgan fingerprint density at radius 3 is 2.47 bits per heavy atom. The lowest BCUT2D eigenvalue weighted by atomic mass is 9.98. The van der Waals surface area contributed by atoms with Crippen molar-refractivity contribution in [3.63, 3.8) is 0 Å². The first-order valence-corrected chi connectivity index (χ1v) is 11.0. The fraction of sp³-hybridized carbons (Fsp3) is 0.609. The molecular formula is C23H33N5O2. The second-order valence-electron chi connectivity index (χ2n) is 8.72. The highest BCUT2D eigenvalue weighted by atomic mass is 16.2. The Labute approximate surface area is 179 Å². The van der Waals surface area contributed by atoms with Crippen molar-refractivity contribution in [1.82, 2.24) is 15.5 Å². The van der Waals surface area contributed by atoms with Crippen molar-refractivity contribution in [3.05, 3.63) is 29.8 Å². The van der Waals surface area contributed by atoms with Crippen LogP contribution in [0.25, 0.3) is 0 Å². The first kappa shape index (κ1) is 21.9. The third-order valence-corrected chi connectivity index (χ3v) is 6.08. The van der Waals surface area contributed by atoms with Gasteiger partial charge in [0.1, 0.15) is 0 Å². The fourth-order valence-electron chi connectivity index (χ4n) is 4.16. The zero-order valence-corrected chi connectivity index (χ0v) is 18.1. The van der Waals surface area contributed by atoms with Gasteiger partial charge in [0.05, 0.1) is 11.6 Å². The first-order chi connectivity index (χ1) is 14.5. The lowest BCUT2D eigenvalue weighted by Crippen LogP contribution is -2.52. The molecule has 2 aliphatic heterocycles. The molecule has 0 aromatic heterocycles. The molecule has 0 aliphatic carbocycles. The lowest BCUT2D eigenvalue weighted by molar-refractivity contribution is -0.124. The first-order valence-electron chi connectivity index (χ1n) is 11.0. The molecule has 2 N–H and O–H groups in total. The number of nitrogens with zero attached hydrogens (tertiary/aromatic N) is 3. The molecule has 2 saturated heterocycles. The van der Waals surface area contributed by atoms with E-state index in [1.165, 1.54) is 0 Å². The van der Waals surface area contributed by atoms with E-state index in [1.54, 1.807) is 0 Å². The van der Waals surface area contributed by atoms with E-state index in [0.29, 0.717) is 24.6 Å². The van der Waals surface area contributed by atoms with Crippen molar-refractivity contribution in [1.29, 1.82) is 5.26 Å². The van der Waals surface area contributed by atoms with E-state index in [-0.39, 0.29) is 23.9 Å². The van der Waals surface area contributed by atoms with E-state index in [1.807, 2.05) is 43.0 Å². The Hall–Kier alpha value is -2.75. The summed E-state index contributed by atoms with van der Waals surface area (Å²) in [7, 11) is 0. The summed E-state index contributed by atoms with van der Waals surface area (Å²) in [5, 5.41) is 15.1. The number of rotatable bonds is 5. The van der Waals surface area contributed by atoms with Crippen molar-refractivity contribution in [3.8, 4) is 6.07 Å². The Bertz CT molecular complexity index is 763. The van der Waals surface area contributed by atoms with Gasteiger partial charge in [0.2, 0.25) is 5.91 Å². The molecule has 2 aliphatic rings. The van der Waals surface area contributed by atoms with Gasteiger partial charge in [0.25, 0.3) is 0 Å². The predicted molar refractivity (Wildman–Crippen MR) is 117 cm³/mol. The Balaban J connectivity index is 1.42. The summed E-state index contributed by atoms with van der Waals surface area (Å²) in [5.41, 5.74) is 1.80. The number of hydrogen-bond acceptors (Lipinski definition) is 4. The Morgan fingerprint density at radius 2 is 1.83 bits per heavy atom. The van der Waals surface area contributed by atoms with Gasteiger partial charge in [0, 0.05) is 50.4 Å². The van der Waals surface area contributed by atoms with E-state index in [2.05, 4.69) is 21.6 Å². The van der Waals surface area contributed by atoms with Gasteiger partial charge in [-0.05, 0) is 55.9 Å². The Morgan fingerprint density at radius 1 is 1.13 bits per heavy atom. The standard InChI is InChI=1S/C23H33N5O2/c1-17(2)22(29)25-15-19-4-3-11-28(16-19)23(30)26-20-9-12-27(13-10-20)21-7-5-18(14-24)6-8-21/h5-8,17,19-20H,3-4,9-13,15-16H2,1-2H3,(H,25,29)(H,26,30). The summed E-state index contributed by atoms with van der Waals surface area (Å²) in [5.74, 6) is 0.388. The fourth-order valence-corrected chi connectivity index (χ4v) is 4.16. The largest absolute Gasteiger partial charge is 0.371 e. The van der Waals surface area contributed by atoms with Gasteiger partial charge < -0.3 is 20.4 Å². The smallest absolute Gasteiger partial charge is 0.317 e. The number of likely N-dealkylation sites (tertiary alicyclic amines) is 1. The molecule has 1 atom stereocenters. The van der Waals surface area contributed by atoms with Crippen molar-refractivity contribution >= 4 is 17.6 Å². The van der Waals surface area contributed by atoms with E-state index < -0.39 is 0 Å². The molecule has 3 amide bonds. The average molecular weight is 412 g/mol. The van der Waals surface area contributed by atoms with Gasteiger partial charge >= 0.3 is 6.03 Å². The number of anilines is 1. The number of amides is 3. The van der Waals surface area contributed by atoms with Crippen LogP contribution in [0.1, 0.15) is 45.1 Å². The van der Waals surface area contributed by atoms with Crippen LogP contribution in [0.15, 0.2) is 24.3 Å². The Kier molecular flexibility index (Phi) is 7.56. The van der Waals surface area contributed by atoms with E-state index in [9.17, 15) is 9.59 Å². The van der Waals surface area contributed by atoms with Gasteiger partial charge in [-0.2, -0.15) is 5.26 Å². The summed E-state index contributed by atoms with van der Waals surface area (Å²) in [6.45, 7) is 7.69. The number of carbonyl (C=O) groups excluding carboxylic acids is 2. The van der Waals surface area contributed by atoms with E-state index in [0.717, 1.165) is 51.0 Å². The molecule has 0 saturated carbocycles. The normalized spacial score (nSPS) is 20.0. The number of hydrogen-bond donors (Lipinski definition) is 2. The molecule has 0 bridgehead atoms. The summed E-state index contributed by atoms with van der Waals surface area (Å²) in [6.07, 6.45) is 3.85. The second-order valence-corrected chi connectivity index (χ2v) is 8.72. The number of nitrogens with one attached hydrogen (secondary N) is 2. The molecule has 2 fully saturated rings. The summed E-state index contributed by atoms with van der Waals surface area (Å²) >= 11 is 0. The van der Waals surface area contributed by atoms with Crippen molar-refractivity contribution < 1.29 is 9.59 Å². The topological polar surface area (TPSA) is 88.5 Å². The van der Waals surface area contributed by atoms with Crippen LogP contribution in [0.5, 0.6) is 0 Å². The molecule has 1 aromatic rings. The highest BCUT2D eigenvalue weighted by Gasteiger charge is 2.27. The number of nitriles is 1. The maximum Gasteiger partial charge on any atom is 0.317 e. The molecule has 1 aromatic carbocycles. The molecule has 30 heavy (non-hydrogen) atoms. The average Bonchev–Trinajstić information content (AvgIpc) is 2.78. The molecular weight excluding hydrogens is 378 g/mol. The number of benzene rings is 1. The zero-order valence-electron chi connectivity index (χ0n) is 18.1. The SMILES string of the molecule is CC(C)C(=O)NCC1CCCN(C(=O)NC2CCN(c3ccc(C#N)cc3)CC2)C1. The summed E-state index contributed by atoms with van der Waals surface area (Å²) < 4.78 is 0. The number of carbonyl (C=O) groups is 2. The van der Waals surface area contributed by atoms with Crippen LogP contribution in [0, 0.1) is 23.2 Å². The quantitative estimate of drug-likeness (QED) is 0.780. The van der Waals surface area contributed by atoms with E-state index in [4.69, 9.17) is 5.26 Å². The predicted octanol–water partition coefficient (Wildman–Crippen LogP) is 2.72. The van der Waals surface area contributed by atoms with Crippen LogP contribution in [-0.2, 0) is 4.79 Å². The minimum atomic E-state index is -0.0110. The molecule has 0 spiro atoms. The molecule has 0 radical (unpaired) electrons. The molecule has 7 heteroatoms. The second kappa shape index (κ2) is 10.3. The van der Waals surface area contributed by atoms with Crippen LogP contribution < -0.4 is 15.5 Å². The van der Waals surface area contributed by atoms with Gasteiger partial charge in [-0.3, -0.25) is 4.79 Å². The van der Waals surface area contributed by atoms with Crippen LogP contribution in [0.4, 0.5) is 10.5 Å². The highest BCUT2D eigenvalue weighted by molar-refractivity contribution is 5.77. The third-order valence-electron chi connectivity index (χ3n) is 6.08. The minimum Gasteiger partial charge on any atom is -0.371 e. The molecule has 7 nitrogen and oxygen atoms in total. The maximum absolute atomic E-state index is 12.8. The van der Waals surface area contributed by atoms with Gasteiger partial charge in [-0.15, -0.1) is 0 Å². The van der Waals surface area contributed by atoms with Gasteiger partial charge in [-0.1, -0.05) is 13.8 Å². The molecule has 162 valence electrons. The maximum atomic E-state index is 12.8. The third kappa shape index (κ3) is 5.88. The minimum absolute atomic E-state index is 0.0110. The van der Waals surface area contributed by atoms with Gasteiger partial charge in [0.15, 0.2) is 0 Å². The molecule has 1 unspecified atom stereocenters. The molecule has 2 heterocycles. The van der Waals surface area contributed by atoms with Crippen LogP contribution in [0.3, 0.4) is 0 Å². The van der Waals surface area contributed by atoms with Gasteiger partial charge in [-0.25, -0.2) is 4.79 Å². The van der Waals surface area contributed by atoms with Crippen molar-refractivity contribution in [2.45, 2.75) is 45.6 Å². The number of urea groups is 1. The highest BCUT2D eigenvalue weighted by Crippen LogP contribution is 2.21. The van der Waals surface area contributed by atoms with Crippen molar-refractivity contribution in [2.75, 3.05) is 37.6 Å². The van der Waals surface area contributed by atoms with Crippen molar-refractivity contribution in [2.24, 2.45) is 11.8 Å².